The Bertz CT molecular complexity index is 1630. The SMILES string of the molecule is [C-]#[N+]c1cc2c(Oc3ccc(CC(=O)Cc4ccc(OC)cc4)cc3)ccnc2cc1OCc1cccnc1. The topological polar surface area (TPSA) is 74.9 Å². The van der Waals surface area contributed by atoms with Gasteiger partial charge in [0.1, 0.15) is 35.4 Å². The van der Waals surface area contributed by atoms with E-state index < -0.39 is 0 Å². The minimum Gasteiger partial charge on any atom is -0.500 e. The zero-order chi connectivity index (χ0) is 27.0. The van der Waals surface area contributed by atoms with E-state index in [1.807, 2.05) is 60.7 Å². The van der Waals surface area contributed by atoms with Gasteiger partial charge in [-0.05, 0) is 59.7 Å². The van der Waals surface area contributed by atoms with Crippen LogP contribution in [0.1, 0.15) is 16.7 Å². The smallest absolute Gasteiger partial charge is 0.229 e. The van der Waals surface area contributed by atoms with Crippen LogP contribution in [0.4, 0.5) is 5.69 Å². The Hall–Kier alpha value is -5.22. The van der Waals surface area contributed by atoms with E-state index in [1.54, 1.807) is 43.9 Å². The fourth-order valence-electron chi connectivity index (χ4n) is 4.14. The van der Waals surface area contributed by atoms with Gasteiger partial charge >= 0.3 is 0 Å². The van der Waals surface area contributed by atoms with Crippen LogP contribution >= 0.6 is 0 Å². The molecule has 3 aromatic carbocycles. The Labute approximate surface area is 226 Å². The molecular formula is C32H25N3O4. The van der Waals surface area contributed by atoms with Gasteiger partial charge in [0.05, 0.1) is 19.2 Å². The Morgan fingerprint density at radius 3 is 2.21 bits per heavy atom. The maximum absolute atomic E-state index is 12.6. The van der Waals surface area contributed by atoms with Crippen LogP contribution in [0, 0.1) is 6.57 Å². The van der Waals surface area contributed by atoms with Crippen molar-refractivity contribution in [1.29, 1.82) is 0 Å². The van der Waals surface area contributed by atoms with Crippen molar-refractivity contribution in [3.63, 3.8) is 0 Å². The molecule has 0 fully saturated rings. The molecule has 0 aliphatic carbocycles. The Morgan fingerprint density at radius 1 is 0.846 bits per heavy atom. The van der Waals surface area contributed by atoms with Crippen LogP contribution in [-0.4, -0.2) is 22.9 Å². The third-order valence-electron chi connectivity index (χ3n) is 6.13. The summed E-state index contributed by atoms with van der Waals surface area (Å²) in [7, 11) is 1.62. The largest absolute Gasteiger partial charge is 0.500 e. The Morgan fingerprint density at radius 2 is 1.56 bits per heavy atom. The lowest BCUT2D eigenvalue weighted by Crippen LogP contribution is -2.06. The van der Waals surface area contributed by atoms with Crippen molar-refractivity contribution in [2.24, 2.45) is 0 Å². The number of Topliss-reactive ketones (excluding diaryl/α,β-unsaturated/α-hetero) is 1. The van der Waals surface area contributed by atoms with Crippen LogP contribution in [0.3, 0.4) is 0 Å². The quantitative estimate of drug-likeness (QED) is 0.188. The molecule has 2 aromatic heterocycles. The number of carbonyl (C=O) groups is 1. The molecule has 0 unspecified atom stereocenters. The second-order valence-electron chi connectivity index (χ2n) is 8.89. The molecule has 7 heteroatoms. The first-order valence-electron chi connectivity index (χ1n) is 12.3. The first-order valence-corrected chi connectivity index (χ1v) is 12.3. The molecule has 0 aliphatic rings. The van der Waals surface area contributed by atoms with Crippen LogP contribution in [0.15, 0.2) is 97.5 Å². The Balaban J connectivity index is 1.27. The standard InChI is InChI=1S/C32H25N3O4/c1-33-30-18-28-29(19-32(30)38-21-24-4-3-14-34-20-24)35-15-13-31(28)39-27-11-7-23(8-12-27)17-25(36)16-22-5-9-26(37-2)10-6-22/h3-15,18-20H,16-17,21H2,2H3. The van der Waals surface area contributed by atoms with Crippen LogP contribution in [-0.2, 0) is 24.2 Å². The number of hydrogen-bond donors (Lipinski definition) is 0. The fourth-order valence-corrected chi connectivity index (χ4v) is 4.14. The highest BCUT2D eigenvalue weighted by molar-refractivity contribution is 5.91. The highest BCUT2D eigenvalue weighted by atomic mass is 16.5. The number of pyridine rings is 2. The van der Waals surface area contributed by atoms with Crippen molar-refractivity contribution in [3.8, 4) is 23.0 Å². The molecule has 5 rings (SSSR count). The van der Waals surface area contributed by atoms with E-state index in [0.29, 0.717) is 53.3 Å². The van der Waals surface area contributed by atoms with Crippen molar-refractivity contribution in [3.05, 3.63) is 126 Å². The van der Waals surface area contributed by atoms with Gasteiger partial charge in [0.15, 0.2) is 0 Å². The molecule has 0 aliphatic heterocycles. The molecule has 39 heavy (non-hydrogen) atoms. The molecular weight excluding hydrogens is 490 g/mol. The summed E-state index contributed by atoms with van der Waals surface area (Å²) < 4.78 is 17.2. The summed E-state index contributed by atoms with van der Waals surface area (Å²) in [6.07, 6.45) is 5.78. The summed E-state index contributed by atoms with van der Waals surface area (Å²) in [5, 5.41) is 0.705. The first kappa shape index (κ1) is 25.4. The highest BCUT2D eigenvalue weighted by Crippen LogP contribution is 2.37. The van der Waals surface area contributed by atoms with E-state index in [4.69, 9.17) is 20.8 Å². The number of aromatic nitrogens is 2. The van der Waals surface area contributed by atoms with Crippen LogP contribution < -0.4 is 14.2 Å². The second kappa shape index (κ2) is 11.9. The average molecular weight is 516 g/mol. The Kier molecular flexibility index (Phi) is 7.75. The van der Waals surface area contributed by atoms with E-state index in [1.165, 1.54) is 0 Å². The lowest BCUT2D eigenvalue weighted by atomic mass is 10.0. The molecule has 0 saturated heterocycles. The number of hydrogen-bond acceptors (Lipinski definition) is 6. The lowest BCUT2D eigenvalue weighted by Gasteiger charge is -2.12. The molecule has 0 N–H and O–H groups in total. The third-order valence-corrected chi connectivity index (χ3v) is 6.13. The predicted molar refractivity (Wildman–Crippen MR) is 148 cm³/mol. The predicted octanol–water partition coefficient (Wildman–Crippen LogP) is 6.91. The van der Waals surface area contributed by atoms with Crippen LogP contribution in [0.25, 0.3) is 15.7 Å². The number of ketones is 1. The summed E-state index contributed by atoms with van der Waals surface area (Å²) in [4.78, 5) is 24.8. The summed E-state index contributed by atoms with van der Waals surface area (Å²) in [6, 6.07) is 24.0. The fraction of sp³-hybridized carbons (Fsp3) is 0.125. The van der Waals surface area contributed by atoms with Crippen molar-refractivity contribution in [1.82, 2.24) is 9.97 Å². The number of fused-ring (bicyclic) bond motifs is 1. The normalized spacial score (nSPS) is 10.6. The molecule has 192 valence electrons. The van der Waals surface area contributed by atoms with Gasteiger partial charge in [0.25, 0.3) is 0 Å². The maximum atomic E-state index is 12.6. The van der Waals surface area contributed by atoms with E-state index in [0.717, 1.165) is 22.4 Å². The molecule has 0 atom stereocenters. The van der Waals surface area contributed by atoms with Gasteiger partial charge in [0, 0.05) is 42.4 Å². The van der Waals surface area contributed by atoms with Crippen molar-refractivity contribution in [2.75, 3.05) is 7.11 Å². The molecule has 0 bridgehead atoms. The molecule has 2 heterocycles. The number of rotatable bonds is 10. The second-order valence-corrected chi connectivity index (χ2v) is 8.89. The summed E-state index contributed by atoms with van der Waals surface area (Å²) in [5.41, 5.74) is 3.79. The van der Waals surface area contributed by atoms with E-state index in [-0.39, 0.29) is 5.78 Å². The molecule has 0 spiro atoms. The average Bonchev–Trinajstić information content (AvgIpc) is 2.97. The van der Waals surface area contributed by atoms with E-state index >= 15 is 0 Å². The zero-order valence-electron chi connectivity index (χ0n) is 21.3. The maximum Gasteiger partial charge on any atom is 0.229 e. The molecule has 7 nitrogen and oxygen atoms in total. The van der Waals surface area contributed by atoms with Gasteiger partial charge in [-0.1, -0.05) is 30.3 Å². The van der Waals surface area contributed by atoms with Crippen molar-refractivity contribution in [2.45, 2.75) is 19.4 Å². The van der Waals surface area contributed by atoms with Crippen LogP contribution in [0.5, 0.6) is 23.0 Å². The van der Waals surface area contributed by atoms with Crippen LogP contribution in [0.2, 0.25) is 0 Å². The van der Waals surface area contributed by atoms with Gasteiger partial charge < -0.3 is 14.2 Å². The monoisotopic (exact) mass is 515 g/mol. The van der Waals surface area contributed by atoms with Crippen molar-refractivity contribution >= 4 is 22.4 Å². The minimum absolute atomic E-state index is 0.127. The lowest BCUT2D eigenvalue weighted by molar-refractivity contribution is -0.117. The number of benzene rings is 3. The summed E-state index contributed by atoms with van der Waals surface area (Å²) in [5.74, 6) is 2.54. The molecule has 0 saturated carbocycles. The van der Waals surface area contributed by atoms with Gasteiger partial charge in [-0.25, -0.2) is 4.85 Å². The number of nitrogens with zero attached hydrogens (tertiary/aromatic N) is 3. The molecule has 0 radical (unpaired) electrons. The van der Waals surface area contributed by atoms with Crippen molar-refractivity contribution < 1.29 is 19.0 Å². The highest BCUT2D eigenvalue weighted by Gasteiger charge is 2.13. The molecule has 5 aromatic rings. The van der Waals surface area contributed by atoms with Gasteiger partial charge in [-0.15, -0.1) is 0 Å². The first-order chi connectivity index (χ1) is 19.1. The zero-order valence-corrected chi connectivity index (χ0v) is 21.3. The van der Waals surface area contributed by atoms with Gasteiger partial charge in [0.2, 0.25) is 5.69 Å². The van der Waals surface area contributed by atoms with E-state index in [9.17, 15) is 4.79 Å². The molecule has 0 amide bonds. The number of methoxy groups -OCH3 is 1. The number of ether oxygens (including phenoxy) is 3. The summed E-state index contributed by atoms with van der Waals surface area (Å²) in [6.45, 7) is 7.94. The van der Waals surface area contributed by atoms with Gasteiger partial charge in [-0.3, -0.25) is 14.8 Å². The van der Waals surface area contributed by atoms with Gasteiger partial charge in [-0.2, -0.15) is 0 Å². The third kappa shape index (κ3) is 6.38. The number of carbonyl (C=O) groups excluding carboxylic acids is 1. The summed E-state index contributed by atoms with van der Waals surface area (Å²) >= 11 is 0. The minimum atomic E-state index is 0.127. The van der Waals surface area contributed by atoms with E-state index in [2.05, 4.69) is 14.8 Å².